The first-order chi connectivity index (χ1) is 14.1. The van der Waals surface area contributed by atoms with Gasteiger partial charge in [0.15, 0.2) is 0 Å². The maximum Gasteiger partial charge on any atom is 0.274 e. The number of likely N-dealkylation sites (tertiary alicyclic amines) is 1. The van der Waals surface area contributed by atoms with Crippen molar-refractivity contribution in [2.24, 2.45) is 13.0 Å². The van der Waals surface area contributed by atoms with Crippen molar-refractivity contribution < 1.29 is 14.3 Å². The molecule has 3 fully saturated rings. The average Bonchev–Trinajstić information content (AvgIpc) is 3.33. The predicted octanol–water partition coefficient (Wildman–Crippen LogP) is 0.986. The smallest absolute Gasteiger partial charge is 0.274 e. The highest BCUT2D eigenvalue weighted by Crippen LogP contribution is 2.30. The minimum Gasteiger partial charge on any atom is -0.379 e. The Bertz CT molecular complexity index is 711. The van der Waals surface area contributed by atoms with Crippen LogP contribution in [-0.4, -0.2) is 94.8 Å². The zero-order chi connectivity index (χ0) is 20.2. The molecule has 2 aliphatic heterocycles. The van der Waals surface area contributed by atoms with E-state index in [0.717, 1.165) is 71.5 Å². The fourth-order valence-corrected chi connectivity index (χ4v) is 4.52. The normalized spacial score (nSPS) is 23.2. The summed E-state index contributed by atoms with van der Waals surface area (Å²) in [5.74, 6) is 0.465. The monoisotopic (exact) mass is 403 g/mol. The quantitative estimate of drug-likeness (QED) is 0.679. The molecule has 2 saturated heterocycles. The Kier molecular flexibility index (Phi) is 6.50. The number of nitrogens with zero attached hydrogens (tertiary/aromatic N) is 5. The first kappa shape index (κ1) is 20.3. The zero-order valence-corrected chi connectivity index (χ0v) is 17.5. The highest BCUT2D eigenvalue weighted by atomic mass is 16.5. The fraction of sp³-hybridized carbons (Fsp3) is 0.762. The summed E-state index contributed by atoms with van der Waals surface area (Å²) in [7, 11) is 1.82. The molecular formula is C21H33N5O3. The van der Waals surface area contributed by atoms with Crippen LogP contribution in [0.4, 0.5) is 0 Å². The summed E-state index contributed by atoms with van der Waals surface area (Å²) in [6.45, 7) is 6.65. The van der Waals surface area contributed by atoms with Crippen molar-refractivity contribution in [2.75, 3.05) is 52.5 Å². The molecular weight excluding hydrogens is 370 g/mol. The molecule has 0 bridgehead atoms. The van der Waals surface area contributed by atoms with Crippen LogP contribution in [0.3, 0.4) is 0 Å². The minimum absolute atomic E-state index is 0.0301. The van der Waals surface area contributed by atoms with Gasteiger partial charge in [0.2, 0.25) is 5.91 Å². The van der Waals surface area contributed by atoms with Crippen LogP contribution in [0.1, 0.15) is 42.6 Å². The van der Waals surface area contributed by atoms with Crippen LogP contribution in [0.2, 0.25) is 0 Å². The molecule has 1 unspecified atom stereocenters. The van der Waals surface area contributed by atoms with Gasteiger partial charge in [-0.2, -0.15) is 5.10 Å². The van der Waals surface area contributed by atoms with E-state index >= 15 is 0 Å². The number of morpholine rings is 1. The lowest BCUT2D eigenvalue weighted by Crippen LogP contribution is -2.48. The maximum atomic E-state index is 13.1. The van der Waals surface area contributed by atoms with E-state index in [1.54, 1.807) is 16.9 Å². The number of aromatic nitrogens is 2. The van der Waals surface area contributed by atoms with Crippen molar-refractivity contribution in [2.45, 2.75) is 38.1 Å². The predicted molar refractivity (Wildman–Crippen MR) is 108 cm³/mol. The summed E-state index contributed by atoms with van der Waals surface area (Å²) >= 11 is 0. The molecule has 1 atom stereocenters. The number of ether oxygens (including phenoxy) is 1. The molecule has 3 heterocycles. The standard InChI is InChI=1S/C21H33N5O3/c1-23-10-7-19(22-23)21(28)25-11-6-18(16-25)26(20(27)17-4-2-5-17)9-3-8-24-12-14-29-15-13-24/h7,10,17-18H,2-6,8-9,11-16H2,1H3. The van der Waals surface area contributed by atoms with Crippen LogP contribution in [0.5, 0.6) is 0 Å². The van der Waals surface area contributed by atoms with E-state index in [9.17, 15) is 9.59 Å². The van der Waals surface area contributed by atoms with Gasteiger partial charge in [-0.1, -0.05) is 6.42 Å². The number of rotatable bonds is 7. The van der Waals surface area contributed by atoms with Gasteiger partial charge < -0.3 is 14.5 Å². The Morgan fingerprint density at radius 1 is 1.21 bits per heavy atom. The number of carbonyl (C=O) groups excluding carboxylic acids is 2. The second kappa shape index (κ2) is 9.26. The van der Waals surface area contributed by atoms with E-state index in [1.807, 2.05) is 11.9 Å². The van der Waals surface area contributed by atoms with Crippen LogP contribution in [0.25, 0.3) is 0 Å². The molecule has 4 rings (SSSR count). The average molecular weight is 404 g/mol. The third-order valence-electron chi connectivity index (χ3n) is 6.54. The lowest BCUT2D eigenvalue weighted by Gasteiger charge is -2.36. The van der Waals surface area contributed by atoms with Crippen LogP contribution >= 0.6 is 0 Å². The SMILES string of the molecule is Cn1ccc(C(=O)N2CCC(N(CCCN3CCOCC3)C(=O)C3CCC3)C2)n1. The van der Waals surface area contributed by atoms with Gasteiger partial charge in [-0.05, 0) is 31.7 Å². The zero-order valence-electron chi connectivity index (χ0n) is 17.5. The second-order valence-corrected chi connectivity index (χ2v) is 8.54. The topological polar surface area (TPSA) is 70.9 Å². The van der Waals surface area contributed by atoms with Gasteiger partial charge in [-0.3, -0.25) is 19.2 Å². The van der Waals surface area contributed by atoms with Gasteiger partial charge in [0.05, 0.1) is 19.3 Å². The van der Waals surface area contributed by atoms with Crippen molar-refractivity contribution in [1.82, 2.24) is 24.5 Å². The molecule has 8 nitrogen and oxygen atoms in total. The Hall–Kier alpha value is -1.93. The summed E-state index contributed by atoms with van der Waals surface area (Å²) in [5, 5.41) is 4.24. The molecule has 1 aromatic rings. The molecule has 0 spiro atoms. The van der Waals surface area contributed by atoms with Gasteiger partial charge in [0.25, 0.3) is 5.91 Å². The highest BCUT2D eigenvalue weighted by Gasteiger charge is 2.37. The van der Waals surface area contributed by atoms with Crippen molar-refractivity contribution in [3.05, 3.63) is 18.0 Å². The molecule has 1 saturated carbocycles. The lowest BCUT2D eigenvalue weighted by molar-refractivity contribution is -0.140. The Morgan fingerprint density at radius 2 is 2.00 bits per heavy atom. The van der Waals surface area contributed by atoms with Crippen molar-refractivity contribution in [3.8, 4) is 0 Å². The summed E-state index contributed by atoms with van der Waals surface area (Å²) in [6, 6.07) is 1.88. The molecule has 29 heavy (non-hydrogen) atoms. The van der Waals surface area contributed by atoms with Crippen molar-refractivity contribution in [1.29, 1.82) is 0 Å². The minimum atomic E-state index is -0.0301. The fourth-order valence-electron chi connectivity index (χ4n) is 4.52. The molecule has 160 valence electrons. The summed E-state index contributed by atoms with van der Waals surface area (Å²) in [6.07, 6.45) is 6.81. The Balaban J connectivity index is 1.35. The summed E-state index contributed by atoms with van der Waals surface area (Å²) in [5.41, 5.74) is 0.484. The van der Waals surface area contributed by atoms with Gasteiger partial charge in [-0.15, -0.1) is 0 Å². The van der Waals surface area contributed by atoms with Crippen molar-refractivity contribution >= 4 is 11.8 Å². The first-order valence-corrected chi connectivity index (χ1v) is 11.0. The van der Waals surface area contributed by atoms with E-state index in [2.05, 4.69) is 14.9 Å². The van der Waals surface area contributed by atoms with Gasteiger partial charge in [-0.25, -0.2) is 0 Å². The van der Waals surface area contributed by atoms with E-state index in [4.69, 9.17) is 4.74 Å². The molecule has 0 N–H and O–H groups in total. The van der Waals surface area contributed by atoms with Crippen molar-refractivity contribution in [3.63, 3.8) is 0 Å². The van der Waals surface area contributed by atoms with E-state index in [0.29, 0.717) is 24.7 Å². The van der Waals surface area contributed by atoms with Crippen LogP contribution in [0.15, 0.2) is 12.3 Å². The van der Waals surface area contributed by atoms with E-state index in [-0.39, 0.29) is 17.9 Å². The second-order valence-electron chi connectivity index (χ2n) is 8.54. The van der Waals surface area contributed by atoms with Gasteiger partial charge in [0, 0.05) is 58.4 Å². The first-order valence-electron chi connectivity index (χ1n) is 11.0. The Labute approximate surface area is 172 Å². The van der Waals surface area contributed by atoms with Crippen LogP contribution in [-0.2, 0) is 16.6 Å². The molecule has 2 amide bonds. The van der Waals surface area contributed by atoms with Gasteiger partial charge >= 0.3 is 0 Å². The third kappa shape index (κ3) is 4.80. The van der Waals surface area contributed by atoms with Gasteiger partial charge in [0.1, 0.15) is 5.69 Å². The molecule has 0 aromatic carbocycles. The molecule has 1 aliphatic carbocycles. The van der Waals surface area contributed by atoms with E-state index < -0.39 is 0 Å². The Morgan fingerprint density at radius 3 is 2.66 bits per heavy atom. The number of amides is 2. The summed E-state index contributed by atoms with van der Waals surface area (Å²) < 4.78 is 7.07. The van der Waals surface area contributed by atoms with E-state index in [1.165, 1.54) is 0 Å². The maximum absolute atomic E-state index is 13.1. The third-order valence-corrected chi connectivity index (χ3v) is 6.54. The lowest BCUT2D eigenvalue weighted by atomic mass is 9.84. The number of hydrogen-bond acceptors (Lipinski definition) is 5. The molecule has 0 radical (unpaired) electrons. The molecule has 3 aliphatic rings. The number of aryl methyl sites for hydroxylation is 1. The van der Waals surface area contributed by atoms with Crippen LogP contribution < -0.4 is 0 Å². The number of carbonyl (C=O) groups is 2. The summed E-state index contributed by atoms with van der Waals surface area (Å²) in [4.78, 5) is 32.2. The number of hydrogen-bond donors (Lipinski definition) is 0. The molecule has 1 aromatic heterocycles. The highest BCUT2D eigenvalue weighted by molar-refractivity contribution is 5.92. The van der Waals surface area contributed by atoms with Crippen LogP contribution in [0, 0.1) is 5.92 Å². The molecule has 8 heteroatoms. The largest absolute Gasteiger partial charge is 0.379 e.